The first kappa shape index (κ1) is 118. The summed E-state index contributed by atoms with van der Waals surface area (Å²) in [5.41, 5.74) is 38.7. The standard InChI is InChI=1S/C78H138N6O60/c79-27-39(102)56(18(5-89)122-66(27)119)135-68-29(81)42(105)61(23(10-94)128-68)141-76-55(118)63(142-78-65(144-71-32(84)44(107)60(22(9-93)131-71)140-75-53(116)48(111)36(99)17(4-88)126-75)54(117)62(24(11-95)132-78)136-69-30(82)41(104)58(20(7-91)129-69)138-73-51(114)46(109)34(97)15(2-86)124-73)38(101)26(133-76)13-121-77-64(143-70-31(83)43(106)59(21(8-92)130-70)139-74-52(115)47(110)35(98)16(3-87)125-74)49(112)37(100)25(134-77)12-120-67-28(80)40(103)57(19(6-90)127-67)137-72-50(113)45(108)33(96)14(1-85)123-72/h14-78,85-119H,1-13,79-84H2/t14-,15-,16-,17-,18-,19-,20-,21-,22-,23-,24-,25-,26-,27-,28-,29-,30-,31-,32-,33+,34+,35+,36+,37-,38-,39-,40-,41-,42-,43-,44-,45+,46+,47+,48+,49+,50-,51-,52-,53-,54+,55+,56-,57-,58-,59-,60-,61-,62-,63+,64+,65+,66-,67-,68+,69+,70+,71+,72+,73+,74+,75+,76+,77+,78-/m1/s1. The molecule has 65 atom stereocenters. The van der Waals surface area contributed by atoms with Crippen molar-refractivity contribution in [1.29, 1.82) is 0 Å². The summed E-state index contributed by atoms with van der Waals surface area (Å²) in [4.78, 5) is 0. The summed E-state index contributed by atoms with van der Waals surface area (Å²) in [6.45, 7) is -14.5. The van der Waals surface area contributed by atoms with Crippen LogP contribution in [-0.4, -0.2) is 663 Å². The maximum atomic E-state index is 13.1. The Hall–Kier alpha value is -2.64. The molecule has 0 aromatic carbocycles. The zero-order valence-electron chi connectivity index (χ0n) is 76.0. The highest BCUT2D eigenvalue weighted by atomic mass is 16.8. The lowest BCUT2D eigenvalue weighted by molar-refractivity contribution is -0.406. The normalized spacial score (nSPS) is 53.9. The maximum Gasteiger partial charge on any atom is 0.187 e. The summed E-state index contributed by atoms with van der Waals surface area (Å²) in [5, 5.41) is 389. The van der Waals surface area contributed by atoms with Crippen LogP contribution in [0.3, 0.4) is 0 Å². The monoisotopic (exact) mass is 2120 g/mol. The van der Waals surface area contributed by atoms with Gasteiger partial charge in [-0.3, -0.25) is 0 Å². The van der Waals surface area contributed by atoms with Crippen LogP contribution in [0.15, 0.2) is 0 Å². The van der Waals surface area contributed by atoms with E-state index < -0.39 is 485 Å². The number of rotatable bonds is 37. The largest absolute Gasteiger partial charge is 0.394 e. The number of nitrogens with two attached hydrogens (primary N) is 6. The summed E-state index contributed by atoms with van der Waals surface area (Å²) in [7, 11) is 0. The first-order valence-electron chi connectivity index (χ1n) is 46.2. The van der Waals surface area contributed by atoms with Gasteiger partial charge in [0.15, 0.2) is 81.8 Å². The van der Waals surface area contributed by atoms with Crippen molar-refractivity contribution in [3.8, 4) is 0 Å². The van der Waals surface area contributed by atoms with Gasteiger partial charge in [0, 0.05) is 0 Å². The van der Waals surface area contributed by atoms with Crippen LogP contribution >= 0.6 is 0 Å². The molecule has 0 aliphatic carbocycles. The molecule has 66 heteroatoms. The minimum absolute atomic E-state index is 0.932. The summed E-state index contributed by atoms with van der Waals surface area (Å²) in [6.07, 6.45) is -123. The van der Waals surface area contributed by atoms with Gasteiger partial charge in [0.1, 0.15) is 281 Å². The molecule has 0 aromatic heterocycles. The molecule has 47 N–H and O–H groups in total. The second-order valence-electron chi connectivity index (χ2n) is 37.0. The van der Waals surface area contributed by atoms with Crippen LogP contribution in [0.2, 0.25) is 0 Å². The topological polar surface area (TPSA) is 1090 Å². The smallest absolute Gasteiger partial charge is 0.187 e. The van der Waals surface area contributed by atoms with Crippen molar-refractivity contribution >= 4 is 0 Å². The third kappa shape index (κ3) is 24.6. The number of hydrogen-bond acceptors (Lipinski definition) is 66. The summed E-state index contributed by atoms with van der Waals surface area (Å²) in [5.74, 6) is 0. The van der Waals surface area contributed by atoms with E-state index in [1.54, 1.807) is 0 Å². The molecular formula is C78H138N6O60. The predicted octanol–water partition coefficient (Wildman–Crippen LogP) is -29.5. The Kier molecular flexibility index (Phi) is 42.2. The molecule has 0 unspecified atom stereocenters. The van der Waals surface area contributed by atoms with Gasteiger partial charge in [-0.1, -0.05) is 0 Å². The molecule has 66 nitrogen and oxygen atoms in total. The summed E-state index contributed by atoms with van der Waals surface area (Å²) < 4.78 is 149. The Morgan fingerprint density at radius 3 is 0.639 bits per heavy atom. The van der Waals surface area contributed by atoms with E-state index in [9.17, 15) is 179 Å². The van der Waals surface area contributed by atoms with Crippen molar-refractivity contribution in [1.82, 2.24) is 0 Å². The molecule has 13 heterocycles. The van der Waals surface area contributed by atoms with Crippen molar-refractivity contribution < 1.29 is 297 Å². The van der Waals surface area contributed by atoms with Gasteiger partial charge in [-0.05, 0) is 0 Å². The quantitative estimate of drug-likeness (QED) is 0.0275. The van der Waals surface area contributed by atoms with E-state index in [1.165, 1.54) is 0 Å². The Labute approximate surface area is 813 Å². The van der Waals surface area contributed by atoms with Crippen LogP contribution in [0.4, 0.5) is 0 Å². The second kappa shape index (κ2) is 51.4. The van der Waals surface area contributed by atoms with E-state index in [4.69, 9.17) is 153 Å². The maximum absolute atomic E-state index is 13.1. The van der Waals surface area contributed by atoms with Gasteiger partial charge in [-0.25, -0.2) is 0 Å². The minimum Gasteiger partial charge on any atom is -0.394 e. The van der Waals surface area contributed by atoms with Crippen LogP contribution < -0.4 is 34.4 Å². The van der Waals surface area contributed by atoms with Gasteiger partial charge < -0.3 is 332 Å². The van der Waals surface area contributed by atoms with Crippen molar-refractivity contribution in [2.45, 2.75) is 399 Å². The molecule has 13 fully saturated rings. The van der Waals surface area contributed by atoms with E-state index in [0.717, 1.165) is 0 Å². The average molecular weight is 2120 g/mol. The molecule has 13 aliphatic heterocycles. The van der Waals surface area contributed by atoms with Crippen molar-refractivity contribution in [3.63, 3.8) is 0 Å². The van der Waals surface area contributed by atoms with E-state index in [1.807, 2.05) is 0 Å². The van der Waals surface area contributed by atoms with Gasteiger partial charge in [0.25, 0.3) is 0 Å². The lowest BCUT2D eigenvalue weighted by Crippen LogP contribution is -2.71. The molecule has 0 amide bonds. The van der Waals surface area contributed by atoms with Crippen LogP contribution in [0, 0.1) is 0 Å². The SMILES string of the molecule is N[C@@H]1[C@@H](O)[C@H](O[C@@H]2O[C@H](CO)[C@@H](O[C@@H]3O[C@H](CO[C@H]4O[C@H](CO[C@@H]5O[C@H](CO)[C@@H](O[C@@H]6O[C@H](CO)[C@H](O)[C@H](O)[C@H]6O)[C@H](O)[C@H]5N)[C@@H](O)[C@H](O)[C@@H]4O[C@@H]4O[C@H](CO)[C@@H](O[C@@H]5O[C@H](CO)[C@H](O)[C@H](O)[C@H]5O)[C@H](O)[C@H]4N)[C@@H](O)[C@H](O[C@H]4O[C@H](CO)[C@@H](O[C@@H]5O[C@H](CO)[C@@H](O[C@@H]6O[C@H](CO)[C@H](O)[C@H](O)[C@H]6O)[C@H](O)[C@H]5N)[C@H](O)[C@@H]4O[C@@H]4O[C@H](CO)[C@@H](O[C@@H]5O[C@H](CO)[C@H](O)[C@H](O)[C@H]5O)[C@H](O)[C@H]4N)[C@@H]3O)[C@H](O)[C@H]2N)[C@@H](CO)O[C@H]1O. The highest BCUT2D eigenvalue weighted by Gasteiger charge is 2.64. The van der Waals surface area contributed by atoms with Gasteiger partial charge in [-0.2, -0.15) is 0 Å². The summed E-state index contributed by atoms with van der Waals surface area (Å²) >= 11 is 0. The lowest BCUT2D eigenvalue weighted by atomic mass is 9.94. The van der Waals surface area contributed by atoms with Crippen molar-refractivity contribution in [3.05, 3.63) is 0 Å². The van der Waals surface area contributed by atoms with Crippen LogP contribution in [0.1, 0.15) is 0 Å². The van der Waals surface area contributed by atoms with Gasteiger partial charge in [-0.15, -0.1) is 0 Å². The predicted molar refractivity (Wildman–Crippen MR) is 439 cm³/mol. The van der Waals surface area contributed by atoms with Crippen LogP contribution in [0.5, 0.6) is 0 Å². The number of ether oxygens (including phenoxy) is 25. The van der Waals surface area contributed by atoms with Crippen molar-refractivity contribution in [2.75, 3.05) is 85.9 Å². The summed E-state index contributed by atoms with van der Waals surface area (Å²) in [6, 6.07) is -11.4. The molecule has 0 bridgehead atoms. The fourth-order valence-electron chi connectivity index (χ4n) is 18.9. The number of aliphatic hydroxyl groups is 35. The molecule has 0 aromatic rings. The fraction of sp³-hybridized carbons (Fsp3) is 1.00. The third-order valence-electron chi connectivity index (χ3n) is 27.7. The van der Waals surface area contributed by atoms with Crippen molar-refractivity contribution in [2.24, 2.45) is 34.4 Å². The number of aliphatic hydroxyl groups excluding tert-OH is 35. The molecule has 144 heavy (non-hydrogen) atoms. The average Bonchev–Trinajstić information content (AvgIpc) is 0.752. The first-order valence-corrected chi connectivity index (χ1v) is 46.2. The number of hydrogen-bond donors (Lipinski definition) is 41. The Balaban J connectivity index is 0.840. The van der Waals surface area contributed by atoms with Gasteiger partial charge in [0.2, 0.25) is 0 Å². The molecule has 13 saturated heterocycles. The zero-order valence-corrected chi connectivity index (χ0v) is 76.0. The van der Waals surface area contributed by atoms with E-state index >= 15 is 0 Å². The van der Waals surface area contributed by atoms with Gasteiger partial charge >= 0.3 is 0 Å². The zero-order chi connectivity index (χ0) is 105. The Bertz CT molecular complexity index is 3810. The fourth-order valence-corrected chi connectivity index (χ4v) is 18.9. The van der Waals surface area contributed by atoms with Crippen LogP contribution in [-0.2, 0) is 118 Å². The molecule has 13 aliphatic rings. The Morgan fingerprint density at radius 2 is 0.333 bits per heavy atom. The molecule has 0 saturated carbocycles. The highest BCUT2D eigenvalue weighted by Crippen LogP contribution is 2.43. The highest BCUT2D eigenvalue weighted by molar-refractivity contribution is 5.07. The van der Waals surface area contributed by atoms with E-state index in [2.05, 4.69) is 0 Å². The first-order chi connectivity index (χ1) is 68.3. The Morgan fingerprint density at radius 1 is 0.139 bits per heavy atom. The molecule has 13 rings (SSSR count). The van der Waals surface area contributed by atoms with Gasteiger partial charge in [0.05, 0.1) is 122 Å². The molecule has 0 radical (unpaired) electrons. The molecule has 0 spiro atoms. The lowest BCUT2D eigenvalue weighted by Gasteiger charge is -2.52. The van der Waals surface area contributed by atoms with E-state index in [0.29, 0.717) is 0 Å². The van der Waals surface area contributed by atoms with Crippen LogP contribution in [0.25, 0.3) is 0 Å². The molecule has 840 valence electrons. The third-order valence-corrected chi connectivity index (χ3v) is 27.7. The minimum atomic E-state index is -2.70. The van der Waals surface area contributed by atoms with E-state index in [-0.39, 0.29) is 0 Å². The molecular weight excluding hydrogens is 1980 g/mol. The second-order valence-corrected chi connectivity index (χ2v) is 37.0.